The third-order valence-electron chi connectivity index (χ3n) is 9.44. The highest BCUT2D eigenvalue weighted by Gasteiger charge is 2.28. The number of nitrogens with two attached hydrogens (primary N) is 1. The molecule has 9 nitrogen and oxygen atoms in total. The second-order valence-corrected chi connectivity index (χ2v) is 12.4. The Bertz CT molecular complexity index is 1500. The summed E-state index contributed by atoms with van der Waals surface area (Å²) in [5.74, 6) is -0.0250. The number of rotatable bonds is 9. The van der Waals surface area contributed by atoms with Gasteiger partial charge < -0.3 is 20.3 Å². The van der Waals surface area contributed by atoms with Crippen LogP contribution in [0.4, 0.5) is 16.2 Å². The van der Waals surface area contributed by atoms with Gasteiger partial charge >= 0.3 is 6.09 Å². The molecule has 45 heavy (non-hydrogen) atoms. The molecule has 2 saturated heterocycles. The molecule has 0 atom stereocenters. The summed E-state index contributed by atoms with van der Waals surface area (Å²) in [5, 5.41) is 2.93. The first kappa shape index (κ1) is 30.8. The molecule has 6 rings (SSSR count). The molecule has 3 aromatic carbocycles. The molecule has 0 saturated carbocycles. The number of benzene rings is 3. The average molecular weight is 610 g/mol. The lowest BCUT2D eigenvalue weighted by molar-refractivity contribution is -0.123. The van der Waals surface area contributed by atoms with Gasteiger partial charge in [0.1, 0.15) is 6.10 Å². The highest BCUT2D eigenvalue weighted by atomic mass is 16.6. The van der Waals surface area contributed by atoms with Crippen LogP contribution in [0.1, 0.15) is 43.2 Å². The lowest BCUT2D eigenvalue weighted by Crippen LogP contribution is -2.40. The predicted molar refractivity (Wildman–Crippen MR) is 176 cm³/mol. The molecule has 3 aromatic rings. The number of hydrogen-bond donors (Lipinski definition) is 2. The molecule has 2 fully saturated rings. The van der Waals surface area contributed by atoms with Crippen molar-refractivity contribution in [3.8, 4) is 11.1 Å². The molecule has 0 unspecified atom stereocenters. The fraction of sp³-hybridized carbons (Fsp3) is 0.417. The number of anilines is 2. The Kier molecular flexibility index (Phi) is 9.76. The van der Waals surface area contributed by atoms with E-state index in [-0.39, 0.29) is 23.8 Å². The zero-order valence-electron chi connectivity index (χ0n) is 25.8. The maximum absolute atomic E-state index is 13.2. The molecule has 3 aliphatic heterocycles. The van der Waals surface area contributed by atoms with Crippen molar-refractivity contribution in [1.29, 1.82) is 0 Å². The summed E-state index contributed by atoms with van der Waals surface area (Å²) in [4.78, 5) is 44.0. The number of hydrogen-bond acceptors (Lipinski definition) is 6. The third-order valence-corrected chi connectivity index (χ3v) is 9.44. The summed E-state index contributed by atoms with van der Waals surface area (Å²) >= 11 is 0. The van der Waals surface area contributed by atoms with Gasteiger partial charge in [0.05, 0.1) is 5.69 Å². The van der Waals surface area contributed by atoms with Gasteiger partial charge in [-0.1, -0.05) is 60.7 Å². The van der Waals surface area contributed by atoms with Gasteiger partial charge in [-0.2, -0.15) is 0 Å². The van der Waals surface area contributed by atoms with Crippen LogP contribution in [0, 0.1) is 5.92 Å². The Labute approximate surface area is 265 Å². The van der Waals surface area contributed by atoms with Gasteiger partial charge in [-0.3, -0.25) is 19.8 Å². The lowest BCUT2D eigenvalue weighted by Gasteiger charge is -2.32. The Hall–Kier alpha value is -4.21. The van der Waals surface area contributed by atoms with E-state index in [1.54, 1.807) is 0 Å². The van der Waals surface area contributed by atoms with Gasteiger partial charge in [0.2, 0.25) is 11.8 Å². The van der Waals surface area contributed by atoms with Crippen LogP contribution in [0.3, 0.4) is 0 Å². The van der Waals surface area contributed by atoms with Crippen molar-refractivity contribution in [2.75, 3.05) is 49.5 Å². The molecule has 0 aromatic heterocycles. The Morgan fingerprint density at radius 1 is 0.822 bits per heavy atom. The van der Waals surface area contributed by atoms with E-state index < -0.39 is 6.09 Å². The molecule has 0 radical (unpaired) electrons. The summed E-state index contributed by atoms with van der Waals surface area (Å²) in [6.45, 7) is 5.64. The number of carbonyl (C=O) groups excluding carboxylic acids is 3. The molecular weight excluding hydrogens is 566 g/mol. The quantitative estimate of drug-likeness (QED) is 0.352. The molecular formula is C36H43N5O4. The molecule has 0 spiro atoms. The van der Waals surface area contributed by atoms with E-state index in [1.807, 2.05) is 59.5 Å². The van der Waals surface area contributed by atoms with Gasteiger partial charge in [0.15, 0.2) is 0 Å². The molecule has 9 heteroatoms. The van der Waals surface area contributed by atoms with Crippen LogP contribution in [0.2, 0.25) is 0 Å². The number of fused-ring (bicyclic) bond motifs is 1. The maximum atomic E-state index is 13.2. The summed E-state index contributed by atoms with van der Waals surface area (Å²) < 4.78 is 5.78. The minimum absolute atomic E-state index is 0.00108. The van der Waals surface area contributed by atoms with Crippen molar-refractivity contribution in [2.45, 2.75) is 51.2 Å². The first-order valence-electron chi connectivity index (χ1n) is 16.2. The number of ether oxygens (including phenoxy) is 1. The summed E-state index contributed by atoms with van der Waals surface area (Å²) in [6.07, 6.45) is 3.91. The van der Waals surface area contributed by atoms with E-state index in [1.165, 1.54) is 11.1 Å². The van der Waals surface area contributed by atoms with Crippen LogP contribution >= 0.6 is 0 Å². The molecule has 3 heterocycles. The van der Waals surface area contributed by atoms with E-state index in [4.69, 9.17) is 10.5 Å². The summed E-state index contributed by atoms with van der Waals surface area (Å²) in [5.41, 5.74) is 11.7. The zero-order chi connectivity index (χ0) is 31.2. The van der Waals surface area contributed by atoms with Crippen molar-refractivity contribution in [2.24, 2.45) is 11.7 Å². The topological polar surface area (TPSA) is 108 Å². The number of primary amides is 1. The molecule has 3 amide bonds. The SMILES string of the molecule is NC(=O)C1CCN(Cc2ccc3c(c2)CCN3C(=O)CCN2CCC(OC(=O)Nc3ccccc3-c3ccccc3)CC2)CC1. The normalized spacial score (nSPS) is 18.0. The lowest BCUT2D eigenvalue weighted by atomic mass is 9.96. The van der Waals surface area contributed by atoms with E-state index in [0.717, 1.165) is 93.9 Å². The van der Waals surface area contributed by atoms with Gasteiger partial charge in [-0.25, -0.2) is 4.79 Å². The Morgan fingerprint density at radius 3 is 2.29 bits per heavy atom. The van der Waals surface area contributed by atoms with Gasteiger partial charge in [-0.15, -0.1) is 0 Å². The highest BCUT2D eigenvalue weighted by molar-refractivity contribution is 5.95. The van der Waals surface area contributed by atoms with Crippen molar-refractivity contribution in [3.05, 3.63) is 83.9 Å². The highest BCUT2D eigenvalue weighted by Crippen LogP contribution is 2.31. The monoisotopic (exact) mass is 609 g/mol. The number of likely N-dealkylation sites (tertiary alicyclic amines) is 2. The zero-order valence-corrected chi connectivity index (χ0v) is 25.8. The first-order valence-corrected chi connectivity index (χ1v) is 16.2. The van der Waals surface area contributed by atoms with Crippen LogP contribution < -0.4 is 16.0 Å². The Morgan fingerprint density at radius 2 is 1.53 bits per heavy atom. The maximum Gasteiger partial charge on any atom is 0.411 e. The van der Waals surface area contributed by atoms with E-state index in [9.17, 15) is 14.4 Å². The van der Waals surface area contributed by atoms with Crippen molar-refractivity contribution < 1.29 is 19.1 Å². The number of para-hydroxylation sites is 1. The van der Waals surface area contributed by atoms with Crippen LogP contribution in [-0.2, 0) is 27.3 Å². The van der Waals surface area contributed by atoms with Gasteiger partial charge in [0, 0.05) is 56.3 Å². The van der Waals surface area contributed by atoms with Crippen molar-refractivity contribution in [1.82, 2.24) is 9.80 Å². The minimum Gasteiger partial charge on any atom is -0.446 e. The van der Waals surface area contributed by atoms with E-state index >= 15 is 0 Å². The van der Waals surface area contributed by atoms with Crippen LogP contribution in [0.25, 0.3) is 11.1 Å². The number of amides is 3. The van der Waals surface area contributed by atoms with Crippen molar-refractivity contribution in [3.63, 3.8) is 0 Å². The van der Waals surface area contributed by atoms with Crippen molar-refractivity contribution >= 4 is 29.3 Å². The van der Waals surface area contributed by atoms with E-state index in [0.29, 0.717) is 13.0 Å². The average Bonchev–Trinajstić information content (AvgIpc) is 3.49. The number of nitrogens with zero attached hydrogens (tertiary/aromatic N) is 3. The fourth-order valence-electron chi connectivity index (χ4n) is 6.84. The Balaban J connectivity index is 0.928. The molecule has 0 bridgehead atoms. The number of carbonyl (C=O) groups is 3. The second-order valence-electron chi connectivity index (χ2n) is 12.4. The first-order chi connectivity index (χ1) is 21.9. The standard InChI is InChI=1S/C36H43N5O4/c37-35(43)28-12-18-40(19-13-28)25-26-10-11-33-29(24-26)14-23-41(33)34(42)17-22-39-20-15-30(16-21-39)45-36(44)38-32-9-5-4-8-31(32)27-6-2-1-3-7-27/h1-11,24,28,30H,12-23,25H2,(H2,37,43)(H,38,44). The largest absolute Gasteiger partial charge is 0.446 e. The molecule has 236 valence electrons. The predicted octanol–water partition coefficient (Wildman–Crippen LogP) is 5.04. The second kappa shape index (κ2) is 14.3. The van der Waals surface area contributed by atoms with Crippen LogP contribution in [-0.4, -0.2) is 73.1 Å². The smallest absolute Gasteiger partial charge is 0.411 e. The summed E-state index contributed by atoms with van der Waals surface area (Å²) in [7, 11) is 0. The molecule has 0 aliphatic carbocycles. The molecule has 3 aliphatic rings. The van der Waals surface area contributed by atoms with E-state index in [2.05, 4.69) is 33.3 Å². The number of piperidine rings is 2. The molecule has 3 N–H and O–H groups in total. The number of nitrogens with one attached hydrogen (secondary N) is 1. The van der Waals surface area contributed by atoms with Gasteiger partial charge in [0.25, 0.3) is 0 Å². The fourth-order valence-corrected chi connectivity index (χ4v) is 6.84. The van der Waals surface area contributed by atoms with Crippen LogP contribution in [0.5, 0.6) is 0 Å². The third kappa shape index (κ3) is 7.72. The van der Waals surface area contributed by atoms with Gasteiger partial charge in [-0.05, 0) is 74.0 Å². The summed E-state index contributed by atoms with van der Waals surface area (Å²) in [6, 6.07) is 24.2. The minimum atomic E-state index is -0.435. The van der Waals surface area contributed by atoms with Crippen LogP contribution in [0.15, 0.2) is 72.8 Å².